The molecule has 0 radical (unpaired) electrons. The van der Waals surface area contributed by atoms with Crippen LogP contribution < -0.4 is 0 Å². The number of aliphatic hydroxyl groups is 1. The molecule has 0 saturated carbocycles. The Balaban J connectivity index is 1.70. The van der Waals surface area contributed by atoms with E-state index in [9.17, 15) is 9.59 Å². The van der Waals surface area contributed by atoms with E-state index in [2.05, 4.69) is 9.80 Å². The lowest BCUT2D eigenvalue weighted by Crippen LogP contribution is -2.54. The Morgan fingerprint density at radius 1 is 0.857 bits per heavy atom. The number of nitrogens with zero attached hydrogens (tertiary/aromatic N) is 4. The summed E-state index contributed by atoms with van der Waals surface area (Å²) in [7, 11) is 0. The summed E-state index contributed by atoms with van der Waals surface area (Å²) in [5.41, 5.74) is 0. The van der Waals surface area contributed by atoms with Gasteiger partial charge in [0.1, 0.15) is 0 Å². The summed E-state index contributed by atoms with van der Waals surface area (Å²) in [4.78, 5) is 31.6. The molecule has 7 heteroatoms. The maximum absolute atomic E-state index is 12.3. The van der Waals surface area contributed by atoms with Crippen molar-refractivity contribution in [3.05, 3.63) is 0 Å². The Hall–Kier alpha value is -1.18. The molecule has 0 spiro atoms. The second-order valence-corrected chi connectivity index (χ2v) is 5.73. The smallest absolute Gasteiger partial charge is 0.236 e. The van der Waals surface area contributed by atoms with Gasteiger partial charge < -0.3 is 14.9 Å². The molecule has 0 aliphatic carbocycles. The molecule has 21 heavy (non-hydrogen) atoms. The third-order valence-electron chi connectivity index (χ3n) is 4.32. The molecule has 0 bridgehead atoms. The summed E-state index contributed by atoms with van der Waals surface area (Å²) < 4.78 is 0. The average Bonchev–Trinajstić information content (AvgIpc) is 2.49. The van der Waals surface area contributed by atoms with Gasteiger partial charge >= 0.3 is 0 Å². The van der Waals surface area contributed by atoms with E-state index in [4.69, 9.17) is 5.11 Å². The van der Waals surface area contributed by atoms with Crippen LogP contribution in [0.4, 0.5) is 0 Å². The molecule has 0 atom stereocenters. The van der Waals surface area contributed by atoms with Crippen LogP contribution in [0.5, 0.6) is 0 Å². The molecule has 2 aliphatic heterocycles. The van der Waals surface area contributed by atoms with E-state index in [1.165, 1.54) is 0 Å². The number of β-amino-alcohol motifs (C(OH)–C–C–N with tert-alkyl or cyclic N) is 1. The lowest BCUT2D eigenvalue weighted by atomic mass is 10.2. The van der Waals surface area contributed by atoms with Crippen LogP contribution in [0.25, 0.3) is 0 Å². The Morgan fingerprint density at radius 3 is 1.90 bits per heavy atom. The van der Waals surface area contributed by atoms with Gasteiger partial charge in [0.15, 0.2) is 0 Å². The molecular weight excluding hydrogens is 272 g/mol. The number of aliphatic hydroxyl groups excluding tert-OH is 1. The van der Waals surface area contributed by atoms with Crippen LogP contribution in [-0.2, 0) is 9.59 Å². The number of hydrogen-bond acceptors (Lipinski definition) is 5. The Bertz CT molecular complexity index is 361. The highest BCUT2D eigenvalue weighted by Gasteiger charge is 2.25. The van der Waals surface area contributed by atoms with Crippen LogP contribution in [0.3, 0.4) is 0 Å². The first-order valence-electron chi connectivity index (χ1n) is 7.69. The Labute approximate surface area is 126 Å². The van der Waals surface area contributed by atoms with Crippen molar-refractivity contribution in [1.82, 2.24) is 19.6 Å². The predicted molar refractivity (Wildman–Crippen MR) is 78.8 cm³/mol. The van der Waals surface area contributed by atoms with E-state index in [1.807, 2.05) is 4.90 Å². The van der Waals surface area contributed by atoms with Crippen molar-refractivity contribution in [2.75, 3.05) is 72.1 Å². The highest BCUT2D eigenvalue weighted by molar-refractivity contribution is 5.79. The van der Waals surface area contributed by atoms with Gasteiger partial charge in [-0.25, -0.2) is 0 Å². The standard InChI is InChI=1S/C14H26N4O3/c1-13(20)17-6-8-18(9-7-17)14(21)12-16-4-2-15(3-5-16)10-11-19/h19H,2-12H2,1H3. The second kappa shape index (κ2) is 7.72. The van der Waals surface area contributed by atoms with Crippen LogP contribution in [0.1, 0.15) is 6.92 Å². The summed E-state index contributed by atoms with van der Waals surface area (Å²) in [5.74, 6) is 0.246. The minimum Gasteiger partial charge on any atom is -0.395 e. The van der Waals surface area contributed by atoms with Crippen LogP contribution in [-0.4, -0.2) is 109 Å². The molecule has 2 aliphatic rings. The van der Waals surface area contributed by atoms with Gasteiger partial charge in [-0.2, -0.15) is 0 Å². The van der Waals surface area contributed by atoms with E-state index in [1.54, 1.807) is 11.8 Å². The molecule has 0 aromatic carbocycles. The fourth-order valence-corrected chi connectivity index (χ4v) is 2.87. The van der Waals surface area contributed by atoms with Crippen molar-refractivity contribution in [3.63, 3.8) is 0 Å². The van der Waals surface area contributed by atoms with Crippen LogP contribution in [0.2, 0.25) is 0 Å². The minimum absolute atomic E-state index is 0.0853. The molecule has 0 aromatic heterocycles. The van der Waals surface area contributed by atoms with E-state index >= 15 is 0 Å². The number of piperazine rings is 2. The highest BCUT2D eigenvalue weighted by atomic mass is 16.3. The number of carbonyl (C=O) groups is 2. The monoisotopic (exact) mass is 298 g/mol. The van der Waals surface area contributed by atoms with Gasteiger partial charge in [0.2, 0.25) is 11.8 Å². The van der Waals surface area contributed by atoms with Gasteiger partial charge in [0.05, 0.1) is 13.2 Å². The van der Waals surface area contributed by atoms with Crippen molar-refractivity contribution in [1.29, 1.82) is 0 Å². The number of amides is 2. The molecule has 1 N–H and O–H groups in total. The van der Waals surface area contributed by atoms with Crippen LogP contribution in [0.15, 0.2) is 0 Å². The summed E-state index contributed by atoms with van der Waals surface area (Å²) in [6, 6.07) is 0. The van der Waals surface area contributed by atoms with E-state index in [0.29, 0.717) is 32.7 Å². The molecule has 2 amide bonds. The number of rotatable bonds is 4. The van der Waals surface area contributed by atoms with Gasteiger partial charge in [-0.05, 0) is 0 Å². The van der Waals surface area contributed by atoms with Gasteiger partial charge in [-0.1, -0.05) is 0 Å². The minimum atomic E-state index is 0.0853. The van der Waals surface area contributed by atoms with Gasteiger partial charge in [-0.3, -0.25) is 19.4 Å². The van der Waals surface area contributed by atoms with Crippen LogP contribution >= 0.6 is 0 Å². The predicted octanol–water partition coefficient (Wildman–Crippen LogP) is -1.71. The third kappa shape index (κ3) is 4.66. The average molecular weight is 298 g/mol. The zero-order valence-corrected chi connectivity index (χ0v) is 12.8. The second-order valence-electron chi connectivity index (χ2n) is 5.73. The van der Waals surface area contributed by atoms with E-state index in [0.717, 1.165) is 32.7 Å². The summed E-state index contributed by atoms with van der Waals surface area (Å²) >= 11 is 0. The van der Waals surface area contributed by atoms with E-state index < -0.39 is 0 Å². The van der Waals surface area contributed by atoms with Crippen molar-refractivity contribution < 1.29 is 14.7 Å². The van der Waals surface area contributed by atoms with Crippen molar-refractivity contribution >= 4 is 11.8 Å². The maximum Gasteiger partial charge on any atom is 0.236 e. The van der Waals surface area contributed by atoms with E-state index in [-0.39, 0.29) is 18.4 Å². The Kier molecular flexibility index (Phi) is 5.96. The lowest BCUT2D eigenvalue weighted by Gasteiger charge is -2.37. The third-order valence-corrected chi connectivity index (χ3v) is 4.32. The molecule has 120 valence electrons. The molecule has 0 aromatic rings. The van der Waals surface area contributed by atoms with Crippen LogP contribution in [0, 0.1) is 0 Å². The fourth-order valence-electron chi connectivity index (χ4n) is 2.87. The first-order valence-corrected chi connectivity index (χ1v) is 7.69. The van der Waals surface area contributed by atoms with Gasteiger partial charge in [0.25, 0.3) is 0 Å². The molecule has 2 saturated heterocycles. The quantitative estimate of drug-likeness (QED) is 0.669. The topological polar surface area (TPSA) is 67.3 Å². The normalized spacial score (nSPS) is 21.6. The summed E-state index contributed by atoms with van der Waals surface area (Å²) in [6.45, 7) is 9.09. The first-order chi connectivity index (χ1) is 10.1. The zero-order valence-electron chi connectivity index (χ0n) is 12.8. The first kappa shape index (κ1) is 16.2. The van der Waals surface area contributed by atoms with Crippen molar-refractivity contribution in [3.8, 4) is 0 Å². The molecular formula is C14H26N4O3. The number of carbonyl (C=O) groups excluding carboxylic acids is 2. The molecule has 0 unspecified atom stereocenters. The summed E-state index contributed by atoms with van der Waals surface area (Å²) in [5, 5.41) is 8.92. The number of hydrogen-bond donors (Lipinski definition) is 1. The Morgan fingerprint density at radius 2 is 1.38 bits per heavy atom. The van der Waals surface area contributed by atoms with Gasteiger partial charge in [-0.15, -0.1) is 0 Å². The van der Waals surface area contributed by atoms with Crippen molar-refractivity contribution in [2.24, 2.45) is 0 Å². The fraction of sp³-hybridized carbons (Fsp3) is 0.857. The largest absolute Gasteiger partial charge is 0.395 e. The lowest BCUT2D eigenvalue weighted by molar-refractivity contribution is -0.139. The maximum atomic E-state index is 12.3. The molecule has 2 fully saturated rings. The molecule has 2 heterocycles. The van der Waals surface area contributed by atoms with Gasteiger partial charge in [0, 0.05) is 65.8 Å². The van der Waals surface area contributed by atoms with Crippen molar-refractivity contribution in [2.45, 2.75) is 6.92 Å². The highest BCUT2D eigenvalue weighted by Crippen LogP contribution is 2.06. The summed E-state index contributed by atoms with van der Waals surface area (Å²) in [6.07, 6.45) is 0. The molecule has 7 nitrogen and oxygen atoms in total. The SMILES string of the molecule is CC(=O)N1CCN(C(=O)CN2CCN(CCO)CC2)CC1. The molecule has 2 rings (SSSR count). The zero-order chi connectivity index (χ0) is 15.2.